The molecule has 1 aromatic carbocycles. The Morgan fingerprint density at radius 1 is 1.53 bits per heavy atom. The van der Waals surface area contributed by atoms with Crippen molar-refractivity contribution in [3.05, 3.63) is 23.8 Å². The standard InChI is InChI=1S/C11H13NO3/c1-7-2-3-9(8(12)6-7)15-10-4-5-14-11(10)13/h2-3,6,10H,4-5,12H2,1H3. The molecule has 4 nitrogen and oxygen atoms in total. The summed E-state index contributed by atoms with van der Waals surface area (Å²) in [4.78, 5) is 11.2. The normalized spacial score (nSPS) is 20.1. The summed E-state index contributed by atoms with van der Waals surface area (Å²) in [7, 11) is 0. The smallest absolute Gasteiger partial charge is 0.347 e. The molecule has 1 atom stereocenters. The predicted octanol–water partition coefficient (Wildman–Crippen LogP) is 1.27. The Balaban J connectivity index is 2.13. The number of esters is 1. The minimum atomic E-state index is -0.505. The van der Waals surface area contributed by atoms with Gasteiger partial charge in [-0.2, -0.15) is 0 Å². The van der Waals surface area contributed by atoms with E-state index in [1.165, 1.54) is 0 Å². The Bertz CT molecular complexity index is 389. The summed E-state index contributed by atoms with van der Waals surface area (Å²) < 4.78 is 10.3. The number of carbonyl (C=O) groups excluding carboxylic acids is 1. The molecule has 80 valence electrons. The van der Waals surface area contributed by atoms with Gasteiger partial charge in [0.25, 0.3) is 0 Å². The Labute approximate surface area is 88.0 Å². The van der Waals surface area contributed by atoms with Crippen LogP contribution in [0, 0.1) is 6.92 Å². The van der Waals surface area contributed by atoms with Gasteiger partial charge in [-0.25, -0.2) is 4.79 Å². The maximum atomic E-state index is 11.2. The first-order valence-corrected chi connectivity index (χ1v) is 4.86. The summed E-state index contributed by atoms with van der Waals surface area (Å²) in [6.45, 7) is 2.37. The summed E-state index contributed by atoms with van der Waals surface area (Å²) >= 11 is 0. The van der Waals surface area contributed by atoms with E-state index >= 15 is 0 Å². The molecule has 2 N–H and O–H groups in total. The zero-order valence-corrected chi connectivity index (χ0v) is 8.53. The van der Waals surface area contributed by atoms with E-state index in [0.29, 0.717) is 24.5 Å². The van der Waals surface area contributed by atoms with Gasteiger partial charge in [0.2, 0.25) is 0 Å². The second-order valence-corrected chi connectivity index (χ2v) is 3.60. The third-order valence-corrected chi connectivity index (χ3v) is 2.32. The lowest BCUT2D eigenvalue weighted by Crippen LogP contribution is -2.22. The number of rotatable bonds is 2. The number of nitrogens with two attached hydrogens (primary N) is 1. The Kier molecular flexibility index (Phi) is 2.49. The largest absolute Gasteiger partial charge is 0.476 e. The van der Waals surface area contributed by atoms with Gasteiger partial charge in [-0.05, 0) is 24.6 Å². The molecule has 0 radical (unpaired) electrons. The van der Waals surface area contributed by atoms with Crippen molar-refractivity contribution in [1.82, 2.24) is 0 Å². The minimum absolute atomic E-state index is 0.310. The van der Waals surface area contributed by atoms with Gasteiger partial charge in [-0.3, -0.25) is 0 Å². The van der Waals surface area contributed by atoms with Gasteiger partial charge >= 0.3 is 5.97 Å². The van der Waals surface area contributed by atoms with Crippen LogP contribution in [0.4, 0.5) is 5.69 Å². The van der Waals surface area contributed by atoms with Gasteiger partial charge in [0.05, 0.1) is 12.3 Å². The number of aryl methyl sites for hydroxylation is 1. The average molecular weight is 207 g/mol. The predicted molar refractivity (Wildman–Crippen MR) is 55.6 cm³/mol. The highest BCUT2D eigenvalue weighted by Gasteiger charge is 2.28. The number of hydrogen-bond acceptors (Lipinski definition) is 4. The second kappa shape index (κ2) is 3.81. The van der Waals surface area contributed by atoms with Crippen LogP contribution < -0.4 is 10.5 Å². The number of carbonyl (C=O) groups is 1. The maximum absolute atomic E-state index is 11.2. The molecule has 1 aliphatic heterocycles. The summed E-state index contributed by atoms with van der Waals surface area (Å²) in [5.41, 5.74) is 7.38. The minimum Gasteiger partial charge on any atom is -0.476 e. The van der Waals surface area contributed by atoms with Crippen molar-refractivity contribution < 1.29 is 14.3 Å². The van der Waals surface area contributed by atoms with Crippen molar-refractivity contribution in [1.29, 1.82) is 0 Å². The lowest BCUT2D eigenvalue weighted by atomic mass is 10.2. The lowest BCUT2D eigenvalue weighted by Gasteiger charge is -2.12. The molecule has 0 aliphatic carbocycles. The highest BCUT2D eigenvalue weighted by molar-refractivity contribution is 5.77. The van der Waals surface area contributed by atoms with Crippen molar-refractivity contribution in [3.8, 4) is 5.75 Å². The van der Waals surface area contributed by atoms with Crippen molar-refractivity contribution in [2.45, 2.75) is 19.4 Å². The van der Waals surface area contributed by atoms with E-state index in [0.717, 1.165) is 5.56 Å². The van der Waals surface area contributed by atoms with Crippen LogP contribution in [0.25, 0.3) is 0 Å². The third kappa shape index (κ3) is 2.03. The van der Waals surface area contributed by atoms with E-state index in [2.05, 4.69) is 0 Å². The van der Waals surface area contributed by atoms with E-state index in [-0.39, 0.29) is 5.97 Å². The fourth-order valence-electron chi connectivity index (χ4n) is 1.51. The van der Waals surface area contributed by atoms with Crippen LogP contribution in [0.1, 0.15) is 12.0 Å². The molecule has 2 rings (SSSR count). The van der Waals surface area contributed by atoms with E-state index in [4.69, 9.17) is 15.2 Å². The molecule has 1 aliphatic rings. The van der Waals surface area contributed by atoms with Crippen molar-refractivity contribution >= 4 is 11.7 Å². The first-order chi connectivity index (χ1) is 7.16. The van der Waals surface area contributed by atoms with Crippen molar-refractivity contribution in [2.75, 3.05) is 12.3 Å². The van der Waals surface area contributed by atoms with E-state index in [1.54, 1.807) is 6.07 Å². The van der Waals surface area contributed by atoms with Crippen LogP contribution in [-0.2, 0) is 9.53 Å². The summed E-state index contributed by atoms with van der Waals surface area (Å²) in [5.74, 6) is 0.236. The number of ether oxygens (including phenoxy) is 2. The molecule has 0 saturated carbocycles. The highest BCUT2D eigenvalue weighted by Crippen LogP contribution is 2.25. The van der Waals surface area contributed by atoms with Crippen LogP contribution in [-0.4, -0.2) is 18.7 Å². The van der Waals surface area contributed by atoms with Crippen LogP contribution >= 0.6 is 0 Å². The molecule has 0 aromatic heterocycles. The van der Waals surface area contributed by atoms with Gasteiger partial charge in [-0.15, -0.1) is 0 Å². The van der Waals surface area contributed by atoms with Crippen LogP contribution in [0.2, 0.25) is 0 Å². The summed E-state index contributed by atoms with van der Waals surface area (Å²) in [5, 5.41) is 0. The fraction of sp³-hybridized carbons (Fsp3) is 0.364. The zero-order valence-electron chi connectivity index (χ0n) is 8.53. The van der Waals surface area contributed by atoms with E-state index in [9.17, 15) is 4.79 Å². The third-order valence-electron chi connectivity index (χ3n) is 2.32. The average Bonchev–Trinajstić information content (AvgIpc) is 2.57. The first kappa shape index (κ1) is 9.83. The number of cyclic esters (lactones) is 1. The number of anilines is 1. The van der Waals surface area contributed by atoms with Crippen LogP contribution in [0.3, 0.4) is 0 Å². The number of benzene rings is 1. The van der Waals surface area contributed by atoms with Gasteiger partial charge in [0.1, 0.15) is 5.75 Å². The van der Waals surface area contributed by atoms with Crippen LogP contribution in [0.5, 0.6) is 5.75 Å². The SMILES string of the molecule is Cc1ccc(OC2CCOC2=O)c(N)c1. The van der Waals surface area contributed by atoms with Gasteiger partial charge in [0, 0.05) is 6.42 Å². The fourth-order valence-corrected chi connectivity index (χ4v) is 1.51. The molecule has 4 heteroatoms. The molecule has 1 saturated heterocycles. The number of nitrogen functional groups attached to an aromatic ring is 1. The van der Waals surface area contributed by atoms with Gasteiger partial charge in [-0.1, -0.05) is 6.07 Å². The van der Waals surface area contributed by atoms with Crippen molar-refractivity contribution in [3.63, 3.8) is 0 Å². The van der Waals surface area contributed by atoms with Gasteiger partial charge < -0.3 is 15.2 Å². The number of hydrogen-bond donors (Lipinski definition) is 1. The molecule has 1 aromatic rings. The molecule has 1 fully saturated rings. The summed E-state index contributed by atoms with van der Waals surface area (Å²) in [6.07, 6.45) is 0.0848. The van der Waals surface area contributed by atoms with Gasteiger partial charge in [0.15, 0.2) is 6.10 Å². The van der Waals surface area contributed by atoms with Crippen LogP contribution in [0.15, 0.2) is 18.2 Å². The first-order valence-electron chi connectivity index (χ1n) is 4.86. The molecule has 0 bridgehead atoms. The summed E-state index contributed by atoms with van der Waals surface area (Å²) in [6, 6.07) is 5.48. The second-order valence-electron chi connectivity index (χ2n) is 3.60. The molecular weight excluding hydrogens is 194 g/mol. The zero-order chi connectivity index (χ0) is 10.8. The quantitative estimate of drug-likeness (QED) is 0.586. The topological polar surface area (TPSA) is 61.5 Å². The molecule has 15 heavy (non-hydrogen) atoms. The maximum Gasteiger partial charge on any atom is 0.347 e. The highest BCUT2D eigenvalue weighted by atomic mass is 16.6. The molecule has 1 unspecified atom stereocenters. The van der Waals surface area contributed by atoms with Crippen molar-refractivity contribution in [2.24, 2.45) is 0 Å². The Morgan fingerprint density at radius 2 is 2.33 bits per heavy atom. The molecule has 0 spiro atoms. The molecular formula is C11H13NO3. The monoisotopic (exact) mass is 207 g/mol. The Hall–Kier alpha value is -1.71. The Morgan fingerprint density at radius 3 is 2.93 bits per heavy atom. The van der Waals surface area contributed by atoms with E-state index in [1.807, 2.05) is 19.1 Å². The lowest BCUT2D eigenvalue weighted by molar-refractivity contribution is -0.143. The molecule has 1 heterocycles. The molecule has 0 amide bonds. The van der Waals surface area contributed by atoms with E-state index < -0.39 is 6.10 Å².